The van der Waals surface area contributed by atoms with Crippen molar-refractivity contribution < 1.29 is 4.79 Å². The third kappa shape index (κ3) is 1.62. The van der Waals surface area contributed by atoms with E-state index in [1.54, 1.807) is 4.90 Å². The molecule has 0 radical (unpaired) electrons. The SMILES string of the molecule is CCC(CC)N1C(=N)/C(=C\N)C(C)(C)C1=O. The fourth-order valence-electron chi connectivity index (χ4n) is 2.23. The summed E-state index contributed by atoms with van der Waals surface area (Å²) in [4.78, 5) is 13.9. The molecule has 0 aromatic carbocycles. The minimum absolute atomic E-state index is 0.0112. The Morgan fingerprint density at radius 2 is 1.94 bits per heavy atom. The molecular formula is C12H21N3O. The number of nitrogens with two attached hydrogens (primary N) is 1. The molecule has 16 heavy (non-hydrogen) atoms. The molecule has 0 saturated carbocycles. The average molecular weight is 223 g/mol. The Kier molecular flexibility index (Phi) is 3.41. The van der Waals surface area contributed by atoms with Gasteiger partial charge in [0.05, 0.1) is 5.41 Å². The summed E-state index contributed by atoms with van der Waals surface area (Å²) in [7, 11) is 0. The van der Waals surface area contributed by atoms with Gasteiger partial charge in [0.25, 0.3) is 0 Å². The maximum absolute atomic E-state index is 12.3. The number of hydrogen-bond acceptors (Lipinski definition) is 3. The van der Waals surface area contributed by atoms with Gasteiger partial charge in [-0.2, -0.15) is 0 Å². The molecule has 4 nitrogen and oxygen atoms in total. The number of hydrogen-bond donors (Lipinski definition) is 2. The number of rotatable bonds is 3. The van der Waals surface area contributed by atoms with Gasteiger partial charge >= 0.3 is 0 Å². The number of amides is 1. The molecular weight excluding hydrogens is 202 g/mol. The summed E-state index contributed by atoms with van der Waals surface area (Å²) in [5, 5.41) is 8.04. The molecule has 0 bridgehead atoms. The van der Waals surface area contributed by atoms with Gasteiger partial charge in [-0.05, 0) is 26.7 Å². The van der Waals surface area contributed by atoms with Crippen LogP contribution in [0, 0.1) is 10.8 Å². The molecule has 0 aromatic heterocycles. The van der Waals surface area contributed by atoms with E-state index >= 15 is 0 Å². The van der Waals surface area contributed by atoms with Crippen LogP contribution < -0.4 is 5.73 Å². The highest BCUT2D eigenvalue weighted by Gasteiger charge is 2.48. The Hall–Kier alpha value is -1.32. The first-order valence-corrected chi connectivity index (χ1v) is 5.76. The van der Waals surface area contributed by atoms with Crippen LogP contribution in [0.5, 0.6) is 0 Å². The molecule has 0 unspecified atom stereocenters. The predicted molar refractivity (Wildman–Crippen MR) is 65.0 cm³/mol. The van der Waals surface area contributed by atoms with E-state index in [1.165, 1.54) is 6.20 Å². The van der Waals surface area contributed by atoms with E-state index in [1.807, 2.05) is 27.7 Å². The number of nitrogens with zero attached hydrogens (tertiary/aromatic N) is 1. The van der Waals surface area contributed by atoms with Crippen molar-refractivity contribution in [3.05, 3.63) is 11.8 Å². The van der Waals surface area contributed by atoms with Crippen molar-refractivity contribution in [3.63, 3.8) is 0 Å². The third-order valence-corrected chi connectivity index (χ3v) is 3.40. The second-order valence-electron chi connectivity index (χ2n) is 4.70. The van der Waals surface area contributed by atoms with Crippen molar-refractivity contribution in [2.75, 3.05) is 0 Å². The molecule has 0 spiro atoms. The Balaban J connectivity index is 3.17. The predicted octanol–water partition coefficient (Wildman–Crippen LogP) is 1.86. The van der Waals surface area contributed by atoms with Crippen molar-refractivity contribution in [2.24, 2.45) is 11.1 Å². The molecule has 0 aliphatic carbocycles. The van der Waals surface area contributed by atoms with Crippen molar-refractivity contribution in [3.8, 4) is 0 Å². The molecule has 1 heterocycles. The summed E-state index contributed by atoms with van der Waals surface area (Å²) >= 11 is 0. The van der Waals surface area contributed by atoms with E-state index in [4.69, 9.17) is 11.1 Å². The van der Waals surface area contributed by atoms with Crippen LogP contribution in [0.2, 0.25) is 0 Å². The molecule has 0 atom stereocenters. The number of carbonyl (C=O) groups excluding carboxylic acids is 1. The topological polar surface area (TPSA) is 70.2 Å². The standard InChI is InChI=1S/C12H21N3O/c1-5-8(6-2)15-10(14)9(7-13)12(3,4)11(15)16/h7-8,14H,5-6,13H2,1-4H3/b9-7+,14-10?. The fraction of sp³-hybridized carbons (Fsp3) is 0.667. The number of nitrogens with one attached hydrogen (secondary N) is 1. The van der Waals surface area contributed by atoms with Crippen molar-refractivity contribution in [1.82, 2.24) is 4.90 Å². The summed E-state index contributed by atoms with van der Waals surface area (Å²) in [6, 6.07) is 0.108. The van der Waals surface area contributed by atoms with Gasteiger partial charge in [0.1, 0.15) is 5.84 Å². The quantitative estimate of drug-likeness (QED) is 0.766. The molecule has 90 valence electrons. The Morgan fingerprint density at radius 3 is 2.25 bits per heavy atom. The van der Waals surface area contributed by atoms with Crippen LogP contribution in [0.25, 0.3) is 0 Å². The fourth-order valence-corrected chi connectivity index (χ4v) is 2.23. The van der Waals surface area contributed by atoms with E-state index in [0.717, 1.165) is 12.8 Å². The van der Waals surface area contributed by atoms with Gasteiger partial charge in [-0.15, -0.1) is 0 Å². The van der Waals surface area contributed by atoms with E-state index in [9.17, 15) is 4.79 Å². The van der Waals surface area contributed by atoms with Gasteiger partial charge in [-0.3, -0.25) is 15.1 Å². The molecule has 1 amide bonds. The Labute approximate surface area is 97.0 Å². The lowest BCUT2D eigenvalue weighted by Crippen LogP contribution is -2.40. The number of likely N-dealkylation sites (tertiary alicyclic amines) is 1. The van der Waals surface area contributed by atoms with Crippen molar-refractivity contribution >= 4 is 11.7 Å². The van der Waals surface area contributed by atoms with Gasteiger partial charge < -0.3 is 5.73 Å². The first-order chi connectivity index (χ1) is 7.41. The van der Waals surface area contributed by atoms with E-state index < -0.39 is 5.41 Å². The van der Waals surface area contributed by atoms with Crippen LogP contribution in [0.15, 0.2) is 11.8 Å². The molecule has 3 N–H and O–H groups in total. The largest absolute Gasteiger partial charge is 0.404 e. The minimum Gasteiger partial charge on any atom is -0.404 e. The van der Waals surface area contributed by atoms with Crippen LogP contribution >= 0.6 is 0 Å². The second kappa shape index (κ2) is 4.28. The lowest BCUT2D eigenvalue weighted by atomic mass is 9.87. The summed E-state index contributed by atoms with van der Waals surface area (Å²) in [6.45, 7) is 7.72. The van der Waals surface area contributed by atoms with Crippen LogP contribution in [0.4, 0.5) is 0 Å². The second-order valence-corrected chi connectivity index (χ2v) is 4.70. The van der Waals surface area contributed by atoms with Crippen LogP contribution in [-0.4, -0.2) is 22.7 Å². The van der Waals surface area contributed by atoms with Crippen LogP contribution in [-0.2, 0) is 4.79 Å². The molecule has 4 heteroatoms. The van der Waals surface area contributed by atoms with Gasteiger partial charge in [0.2, 0.25) is 5.91 Å². The van der Waals surface area contributed by atoms with Crippen molar-refractivity contribution in [2.45, 2.75) is 46.6 Å². The summed E-state index contributed by atoms with van der Waals surface area (Å²) < 4.78 is 0. The minimum atomic E-state index is -0.658. The highest BCUT2D eigenvalue weighted by atomic mass is 16.2. The number of carbonyl (C=O) groups is 1. The van der Waals surface area contributed by atoms with Crippen LogP contribution in [0.1, 0.15) is 40.5 Å². The van der Waals surface area contributed by atoms with Gasteiger partial charge in [-0.25, -0.2) is 0 Å². The Bertz CT molecular complexity index is 340. The highest BCUT2D eigenvalue weighted by molar-refractivity contribution is 6.18. The zero-order valence-electron chi connectivity index (χ0n) is 10.5. The average Bonchev–Trinajstić information content (AvgIpc) is 2.40. The summed E-state index contributed by atoms with van der Waals surface area (Å²) in [5.74, 6) is 0.258. The molecule has 1 rings (SSSR count). The summed E-state index contributed by atoms with van der Waals surface area (Å²) in [6.07, 6.45) is 3.11. The van der Waals surface area contributed by atoms with Crippen molar-refractivity contribution in [1.29, 1.82) is 5.41 Å². The molecule has 1 aliphatic heterocycles. The third-order valence-electron chi connectivity index (χ3n) is 3.40. The lowest BCUT2D eigenvalue weighted by Gasteiger charge is -2.26. The zero-order chi connectivity index (χ0) is 12.5. The highest BCUT2D eigenvalue weighted by Crippen LogP contribution is 2.38. The maximum atomic E-state index is 12.3. The van der Waals surface area contributed by atoms with E-state index in [0.29, 0.717) is 5.57 Å². The van der Waals surface area contributed by atoms with E-state index in [2.05, 4.69) is 0 Å². The van der Waals surface area contributed by atoms with Gasteiger partial charge in [-0.1, -0.05) is 13.8 Å². The van der Waals surface area contributed by atoms with E-state index in [-0.39, 0.29) is 17.8 Å². The maximum Gasteiger partial charge on any atom is 0.238 e. The monoisotopic (exact) mass is 223 g/mol. The molecule has 0 aromatic rings. The first-order valence-electron chi connectivity index (χ1n) is 5.76. The Morgan fingerprint density at radius 1 is 1.44 bits per heavy atom. The molecule has 1 saturated heterocycles. The summed E-state index contributed by atoms with van der Waals surface area (Å²) in [5.41, 5.74) is 5.50. The molecule has 1 fully saturated rings. The van der Waals surface area contributed by atoms with Gasteiger partial charge in [0, 0.05) is 17.8 Å². The molecule has 1 aliphatic rings. The smallest absolute Gasteiger partial charge is 0.238 e. The van der Waals surface area contributed by atoms with Crippen LogP contribution in [0.3, 0.4) is 0 Å². The number of amidine groups is 1. The van der Waals surface area contributed by atoms with Gasteiger partial charge in [0.15, 0.2) is 0 Å². The first kappa shape index (κ1) is 12.7. The lowest BCUT2D eigenvalue weighted by molar-refractivity contribution is -0.133. The normalized spacial score (nSPS) is 22.6. The zero-order valence-corrected chi connectivity index (χ0v) is 10.5.